The molecule has 4 aliphatic rings. The fraction of sp³-hybridized carbons (Fsp3) is 0.486. The second-order valence-electron chi connectivity index (χ2n) is 13.6. The second-order valence-corrected chi connectivity index (χ2v) is 13.6. The van der Waals surface area contributed by atoms with E-state index in [4.69, 9.17) is 29.7 Å². The van der Waals surface area contributed by atoms with Crippen LogP contribution in [0.5, 0.6) is 5.88 Å². The Morgan fingerprint density at radius 2 is 2.06 bits per heavy atom. The number of hydrogen-bond donors (Lipinski definition) is 1. The molecule has 0 unspecified atom stereocenters. The SMILES string of the molecule is C[C@H](Oc1cc(-n2ccc(C(=O)N(C)C3COC3)n2)nc(-c2noc3c2CCC[C@@]32CCc3ccc(N)c(C#N)c32)n1)[C@@H]1CCCN1C. The van der Waals surface area contributed by atoms with Gasteiger partial charge < -0.3 is 24.6 Å². The van der Waals surface area contributed by atoms with E-state index in [1.807, 2.05) is 12.1 Å². The van der Waals surface area contributed by atoms with Gasteiger partial charge in [-0.2, -0.15) is 15.3 Å². The molecular formula is C35H39N9O4. The maximum Gasteiger partial charge on any atom is 0.274 e. The van der Waals surface area contributed by atoms with E-state index in [2.05, 4.69) is 35.2 Å². The van der Waals surface area contributed by atoms with Crippen LogP contribution in [0.2, 0.25) is 0 Å². The highest BCUT2D eigenvalue weighted by Gasteiger charge is 2.49. The zero-order chi connectivity index (χ0) is 33.2. The van der Waals surface area contributed by atoms with Crippen molar-refractivity contribution in [3.05, 3.63) is 64.2 Å². The normalized spacial score (nSPS) is 22.6. The lowest BCUT2D eigenvalue weighted by molar-refractivity contribution is -0.0469. The number of hydrogen-bond acceptors (Lipinski definition) is 11. The summed E-state index contributed by atoms with van der Waals surface area (Å²) >= 11 is 0. The first-order chi connectivity index (χ1) is 23.3. The van der Waals surface area contributed by atoms with E-state index in [1.165, 1.54) is 0 Å². The van der Waals surface area contributed by atoms with Crippen LogP contribution in [-0.2, 0) is 23.0 Å². The summed E-state index contributed by atoms with van der Waals surface area (Å²) in [6, 6.07) is 9.97. The maximum atomic E-state index is 13.2. The van der Waals surface area contributed by atoms with E-state index in [9.17, 15) is 10.1 Å². The van der Waals surface area contributed by atoms with Gasteiger partial charge in [-0.3, -0.25) is 9.69 Å². The molecule has 13 nitrogen and oxygen atoms in total. The van der Waals surface area contributed by atoms with E-state index in [-0.39, 0.29) is 24.1 Å². The van der Waals surface area contributed by atoms with Crippen molar-refractivity contribution in [3.63, 3.8) is 0 Å². The monoisotopic (exact) mass is 649 g/mol. The van der Waals surface area contributed by atoms with Crippen LogP contribution in [0, 0.1) is 11.3 Å². The number of likely N-dealkylation sites (tertiary alicyclic amines) is 1. The Morgan fingerprint density at radius 1 is 1.21 bits per heavy atom. The number of fused-ring (bicyclic) bond motifs is 4. The molecule has 0 saturated carbocycles. The van der Waals surface area contributed by atoms with Gasteiger partial charge in [-0.05, 0) is 88.7 Å². The average Bonchev–Trinajstić information content (AvgIpc) is 3.87. The highest BCUT2D eigenvalue weighted by Crippen LogP contribution is 2.54. The Labute approximate surface area is 278 Å². The number of rotatable bonds is 7. The van der Waals surface area contributed by atoms with Crippen LogP contribution < -0.4 is 10.5 Å². The van der Waals surface area contributed by atoms with E-state index >= 15 is 0 Å². The molecule has 1 spiro atoms. The first-order valence-electron chi connectivity index (χ1n) is 16.8. The summed E-state index contributed by atoms with van der Waals surface area (Å²) in [4.78, 5) is 27.0. The minimum absolute atomic E-state index is 0.0395. The van der Waals surface area contributed by atoms with Crippen molar-refractivity contribution in [2.45, 2.75) is 75.5 Å². The Bertz CT molecular complexity index is 1940. The fourth-order valence-corrected chi connectivity index (χ4v) is 8.11. The van der Waals surface area contributed by atoms with Gasteiger partial charge in [0.1, 0.15) is 12.2 Å². The van der Waals surface area contributed by atoms with Crippen LogP contribution in [0.4, 0.5) is 5.69 Å². The molecule has 2 aliphatic carbocycles. The smallest absolute Gasteiger partial charge is 0.274 e. The van der Waals surface area contributed by atoms with E-state index in [1.54, 1.807) is 35.0 Å². The number of nitriles is 1. The number of nitrogens with two attached hydrogens (primary N) is 1. The number of aromatic nitrogens is 5. The van der Waals surface area contributed by atoms with Gasteiger partial charge in [-0.15, -0.1) is 0 Å². The predicted octanol–water partition coefficient (Wildman–Crippen LogP) is 3.67. The topological polar surface area (TPSA) is 161 Å². The van der Waals surface area contributed by atoms with Crippen molar-refractivity contribution in [1.82, 2.24) is 34.7 Å². The summed E-state index contributed by atoms with van der Waals surface area (Å²) < 4.78 is 19.6. The van der Waals surface area contributed by atoms with Crippen LogP contribution >= 0.6 is 0 Å². The largest absolute Gasteiger partial charge is 0.473 e. The molecule has 3 atom stereocenters. The van der Waals surface area contributed by atoms with Crippen molar-refractivity contribution >= 4 is 11.6 Å². The highest BCUT2D eigenvalue weighted by atomic mass is 16.5. The molecule has 2 fully saturated rings. The molecule has 0 radical (unpaired) electrons. The average molecular weight is 650 g/mol. The molecule has 2 aliphatic heterocycles. The molecule has 4 aromatic rings. The molecule has 1 aromatic carbocycles. The molecule has 3 aromatic heterocycles. The molecular weight excluding hydrogens is 610 g/mol. The zero-order valence-corrected chi connectivity index (χ0v) is 27.5. The standard InChI is InChI=1S/C35H39N9O4/c1-20(27-7-5-14-42(27)2)47-29-16-28(44-15-11-26(40-44)34(45)43(3)22-18-46-19-22)38-33(39-29)31-23-6-4-12-35(32(23)48-41-31)13-10-21-8-9-25(37)24(17-36)30(21)35/h8-9,11,15-16,20,22,27H,4-7,10,12-14,18-19,37H2,1-3H3/t20-,27-,35-/m0/s1. The maximum absolute atomic E-state index is 13.2. The highest BCUT2D eigenvalue weighted by molar-refractivity contribution is 5.92. The summed E-state index contributed by atoms with van der Waals surface area (Å²) in [5.41, 5.74) is 10.7. The van der Waals surface area contributed by atoms with Gasteiger partial charge in [0.2, 0.25) is 5.88 Å². The number of anilines is 1. The number of carbonyl (C=O) groups is 1. The third-order valence-corrected chi connectivity index (χ3v) is 10.8. The lowest BCUT2D eigenvalue weighted by Gasteiger charge is -2.34. The first kappa shape index (κ1) is 30.5. The zero-order valence-electron chi connectivity index (χ0n) is 27.5. The Morgan fingerprint density at radius 3 is 2.81 bits per heavy atom. The van der Waals surface area contributed by atoms with E-state index in [0.717, 1.165) is 73.9 Å². The Hall–Kier alpha value is -4.80. The van der Waals surface area contributed by atoms with E-state index < -0.39 is 5.41 Å². The van der Waals surface area contributed by atoms with Gasteiger partial charge in [-0.1, -0.05) is 11.2 Å². The minimum atomic E-state index is -0.484. The molecule has 5 heterocycles. The summed E-state index contributed by atoms with van der Waals surface area (Å²) in [7, 11) is 3.88. The second kappa shape index (κ2) is 11.7. The van der Waals surface area contributed by atoms with Crippen molar-refractivity contribution < 1.29 is 18.8 Å². The van der Waals surface area contributed by atoms with Gasteiger partial charge >= 0.3 is 0 Å². The summed E-state index contributed by atoms with van der Waals surface area (Å²) in [5, 5.41) is 19.3. The summed E-state index contributed by atoms with van der Waals surface area (Å²) in [6.07, 6.45) is 7.87. The lowest BCUT2D eigenvalue weighted by Crippen LogP contribution is -2.49. The van der Waals surface area contributed by atoms with Crippen LogP contribution in [0.3, 0.4) is 0 Å². The lowest BCUT2D eigenvalue weighted by atomic mass is 9.68. The number of carbonyl (C=O) groups excluding carboxylic acids is 1. The van der Waals surface area contributed by atoms with Gasteiger partial charge in [0, 0.05) is 36.6 Å². The molecule has 2 N–H and O–H groups in total. The van der Waals surface area contributed by atoms with E-state index in [0.29, 0.717) is 53.4 Å². The molecule has 0 bridgehead atoms. The van der Waals surface area contributed by atoms with Crippen LogP contribution in [0.25, 0.3) is 17.3 Å². The number of nitrogen functional groups attached to an aromatic ring is 1. The summed E-state index contributed by atoms with van der Waals surface area (Å²) in [5.74, 6) is 1.77. The molecule has 248 valence electrons. The quantitative estimate of drug-likeness (QED) is 0.291. The van der Waals surface area contributed by atoms with Gasteiger partial charge in [0.25, 0.3) is 5.91 Å². The van der Waals surface area contributed by atoms with Gasteiger partial charge in [0.05, 0.1) is 30.2 Å². The fourth-order valence-electron chi connectivity index (χ4n) is 8.11. The minimum Gasteiger partial charge on any atom is -0.473 e. The van der Waals surface area contributed by atoms with Crippen molar-refractivity contribution in [2.24, 2.45) is 0 Å². The van der Waals surface area contributed by atoms with Gasteiger partial charge in [-0.25, -0.2) is 9.67 Å². The first-order valence-corrected chi connectivity index (χ1v) is 16.8. The number of likely N-dealkylation sites (N-methyl/N-ethyl adjacent to an activating group) is 2. The number of benzene rings is 1. The summed E-state index contributed by atoms with van der Waals surface area (Å²) in [6.45, 7) is 4.14. The van der Waals surface area contributed by atoms with Crippen molar-refractivity contribution in [3.8, 4) is 29.3 Å². The predicted molar refractivity (Wildman–Crippen MR) is 175 cm³/mol. The molecule has 13 heteroatoms. The number of ether oxygens (including phenoxy) is 2. The van der Waals surface area contributed by atoms with Crippen molar-refractivity contribution in [2.75, 3.05) is 39.6 Å². The number of nitrogens with zero attached hydrogens (tertiary/aromatic N) is 8. The number of aryl methyl sites for hydroxylation is 1. The van der Waals surface area contributed by atoms with Crippen LogP contribution in [-0.4, -0.2) is 92.7 Å². The molecule has 2 saturated heterocycles. The van der Waals surface area contributed by atoms with Crippen LogP contribution in [0.15, 0.2) is 35.0 Å². The van der Waals surface area contributed by atoms with Gasteiger partial charge in [0.15, 0.2) is 28.8 Å². The van der Waals surface area contributed by atoms with Crippen molar-refractivity contribution in [1.29, 1.82) is 5.26 Å². The Balaban J connectivity index is 1.20. The molecule has 8 rings (SSSR count). The third kappa shape index (κ3) is 4.85. The Kier molecular flexibility index (Phi) is 7.45. The number of amides is 1. The third-order valence-electron chi connectivity index (χ3n) is 10.8. The van der Waals surface area contributed by atoms with Crippen LogP contribution in [0.1, 0.15) is 77.5 Å². The molecule has 48 heavy (non-hydrogen) atoms. The molecule has 1 amide bonds.